The van der Waals surface area contributed by atoms with E-state index in [2.05, 4.69) is 15.3 Å². The van der Waals surface area contributed by atoms with Crippen LogP contribution in [-0.2, 0) is 4.79 Å². The van der Waals surface area contributed by atoms with E-state index in [4.69, 9.17) is 10.2 Å². The molecule has 1 atom stereocenters. The molecule has 0 aliphatic rings. The summed E-state index contributed by atoms with van der Waals surface area (Å²) in [6, 6.07) is 3.73. The van der Waals surface area contributed by atoms with E-state index in [-0.39, 0.29) is 13.0 Å². The van der Waals surface area contributed by atoms with Crippen molar-refractivity contribution in [1.82, 2.24) is 15.3 Å². The fraction of sp³-hybridized carbons (Fsp3) is 0.250. The van der Waals surface area contributed by atoms with E-state index in [9.17, 15) is 9.59 Å². The van der Waals surface area contributed by atoms with Crippen LogP contribution in [0.1, 0.15) is 16.8 Å². The molecule has 0 fully saturated rings. The average Bonchev–Trinajstić information content (AvgIpc) is 2.85. The van der Waals surface area contributed by atoms with Gasteiger partial charge in [0.1, 0.15) is 6.04 Å². The van der Waals surface area contributed by atoms with E-state index >= 15 is 0 Å². The first-order valence-corrected chi connectivity index (χ1v) is 5.69. The monoisotopic (exact) mass is 263 g/mol. The third-order valence-electron chi connectivity index (χ3n) is 2.70. The number of amides is 1. The van der Waals surface area contributed by atoms with E-state index < -0.39 is 17.9 Å². The molecule has 2 rings (SSSR count). The number of benzene rings is 1. The molecule has 7 nitrogen and oxygen atoms in total. The number of aliphatic hydroxyl groups excluding tert-OH is 1. The number of carbonyl (C=O) groups excluding carboxylic acids is 1. The number of imidazole rings is 1. The lowest BCUT2D eigenvalue weighted by atomic mass is 10.1. The van der Waals surface area contributed by atoms with Gasteiger partial charge in [0.05, 0.1) is 17.4 Å². The van der Waals surface area contributed by atoms with Crippen LogP contribution in [0.3, 0.4) is 0 Å². The molecule has 0 bridgehead atoms. The van der Waals surface area contributed by atoms with E-state index in [0.717, 1.165) is 5.52 Å². The zero-order chi connectivity index (χ0) is 13.8. The van der Waals surface area contributed by atoms with Gasteiger partial charge in [-0.2, -0.15) is 0 Å². The normalized spacial score (nSPS) is 12.3. The zero-order valence-corrected chi connectivity index (χ0v) is 9.96. The Hall–Kier alpha value is -2.41. The van der Waals surface area contributed by atoms with Crippen LogP contribution in [0.5, 0.6) is 0 Å². The van der Waals surface area contributed by atoms with Gasteiger partial charge < -0.3 is 20.5 Å². The third-order valence-corrected chi connectivity index (χ3v) is 2.70. The van der Waals surface area contributed by atoms with Gasteiger partial charge in [0.25, 0.3) is 5.91 Å². The summed E-state index contributed by atoms with van der Waals surface area (Å²) >= 11 is 0. The van der Waals surface area contributed by atoms with Crippen LogP contribution >= 0.6 is 0 Å². The predicted molar refractivity (Wildman–Crippen MR) is 66.7 cm³/mol. The number of aromatic amines is 1. The Labute approximate surface area is 108 Å². The highest BCUT2D eigenvalue weighted by Crippen LogP contribution is 2.11. The number of carbonyl (C=O) groups is 2. The smallest absolute Gasteiger partial charge is 0.326 e. The molecule has 0 spiro atoms. The molecule has 2 aromatic rings. The number of nitrogens with one attached hydrogen (secondary N) is 2. The van der Waals surface area contributed by atoms with Crippen LogP contribution in [-0.4, -0.2) is 44.7 Å². The molecule has 100 valence electrons. The Morgan fingerprint density at radius 2 is 2.21 bits per heavy atom. The molecule has 0 aliphatic carbocycles. The third kappa shape index (κ3) is 2.89. The van der Waals surface area contributed by atoms with E-state index in [1.807, 2.05) is 0 Å². The summed E-state index contributed by atoms with van der Waals surface area (Å²) in [6.45, 7) is -0.309. The quantitative estimate of drug-likeness (QED) is 0.612. The van der Waals surface area contributed by atoms with Crippen molar-refractivity contribution in [2.24, 2.45) is 0 Å². The maximum Gasteiger partial charge on any atom is 0.326 e. The number of aliphatic carboxylic acids is 1. The van der Waals surface area contributed by atoms with Crippen LogP contribution in [0.25, 0.3) is 11.0 Å². The fourth-order valence-corrected chi connectivity index (χ4v) is 1.70. The van der Waals surface area contributed by atoms with E-state index in [1.165, 1.54) is 6.33 Å². The minimum Gasteiger partial charge on any atom is -0.480 e. The summed E-state index contributed by atoms with van der Waals surface area (Å²) in [4.78, 5) is 29.7. The molecule has 1 unspecified atom stereocenters. The molecule has 4 N–H and O–H groups in total. The fourth-order valence-electron chi connectivity index (χ4n) is 1.70. The molecule has 0 saturated heterocycles. The van der Waals surface area contributed by atoms with Gasteiger partial charge in [-0.15, -0.1) is 0 Å². The van der Waals surface area contributed by atoms with Crippen LogP contribution < -0.4 is 5.32 Å². The number of hydrogen-bond acceptors (Lipinski definition) is 4. The molecule has 7 heteroatoms. The lowest BCUT2D eigenvalue weighted by Gasteiger charge is -2.13. The summed E-state index contributed by atoms with van der Waals surface area (Å²) in [5.74, 6) is -1.68. The minimum atomic E-state index is -1.18. The number of hydrogen-bond donors (Lipinski definition) is 4. The van der Waals surface area contributed by atoms with Gasteiger partial charge in [-0.1, -0.05) is 0 Å². The summed E-state index contributed by atoms with van der Waals surface area (Å²) in [7, 11) is 0. The molecule has 1 aromatic heterocycles. The van der Waals surface area contributed by atoms with Crippen LogP contribution in [0.2, 0.25) is 0 Å². The maximum absolute atomic E-state index is 11.9. The Balaban J connectivity index is 2.16. The van der Waals surface area contributed by atoms with Gasteiger partial charge in [0.15, 0.2) is 0 Å². The first-order chi connectivity index (χ1) is 9.11. The Morgan fingerprint density at radius 3 is 2.89 bits per heavy atom. The predicted octanol–water partition coefficient (Wildman–Crippen LogP) is 0.128. The second-order valence-electron chi connectivity index (χ2n) is 4.01. The summed E-state index contributed by atoms with van der Waals surface area (Å²) in [5.41, 5.74) is 1.75. The van der Waals surface area contributed by atoms with Crippen molar-refractivity contribution in [3.63, 3.8) is 0 Å². The molecule has 1 aromatic carbocycles. The molecular weight excluding hydrogens is 250 g/mol. The summed E-state index contributed by atoms with van der Waals surface area (Å²) < 4.78 is 0. The van der Waals surface area contributed by atoms with E-state index in [1.54, 1.807) is 18.2 Å². The van der Waals surface area contributed by atoms with Gasteiger partial charge in [-0.3, -0.25) is 4.79 Å². The lowest BCUT2D eigenvalue weighted by Crippen LogP contribution is -2.41. The largest absolute Gasteiger partial charge is 0.480 e. The maximum atomic E-state index is 11.9. The first kappa shape index (κ1) is 13.0. The molecule has 0 aliphatic heterocycles. The van der Waals surface area contributed by atoms with Crippen molar-refractivity contribution >= 4 is 22.9 Å². The highest BCUT2D eigenvalue weighted by Gasteiger charge is 2.20. The number of H-pyrrole nitrogens is 1. The number of rotatable bonds is 5. The molecule has 0 radical (unpaired) electrons. The van der Waals surface area contributed by atoms with Gasteiger partial charge in [-0.05, 0) is 18.2 Å². The molecule has 1 amide bonds. The van der Waals surface area contributed by atoms with Gasteiger partial charge in [0.2, 0.25) is 0 Å². The molecule has 1 heterocycles. The van der Waals surface area contributed by atoms with Gasteiger partial charge in [-0.25, -0.2) is 9.78 Å². The van der Waals surface area contributed by atoms with Crippen LogP contribution in [0.15, 0.2) is 24.5 Å². The summed E-state index contributed by atoms with van der Waals surface area (Å²) in [6.07, 6.45) is 1.48. The molecule has 0 saturated carbocycles. The van der Waals surface area contributed by atoms with Crippen molar-refractivity contribution in [3.8, 4) is 0 Å². The first-order valence-electron chi connectivity index (χ1n) is 5.69. The second kappa shape index (κ2) is 5.49. The van der Waals surface area contributed by atoms with Crippen LogP contribution in [0.4, 0.5) is 0 Å². The van der Waals surface area contributed by atoms with Gasteiger partial charge in [0, 0.05) is 18.6 Å². The number of aromatic nitrogens is 2. The van der Waals surface area contributed by atoms with Crippen molar-refractivity contribution < 1.29 is 19.8 Å². The number of nitrogens with zero attached hydrogens (tertiary/aromatic N) is 1. The topological polar surface area (TPSA) is 115 Å². The number of fused-ring (bicyclic) bond motifs is 1. The minimum absolute atomic E-state index is 0.0344. The zero-order valence-electron chi connectivity index (χ0n) is 9.96. The molecular formula is C12H13N3O4. The van der Waals surface area contributed by atoms with Crippen LogP contribution in [0, 0.1) is 0 Å². The second-order valence-corrected chi connectivity index (χ2v) is 4.01. The lowest BCUT2D eigenvalue weighted by molar-refractivity contribution is -0.139. The van der Waals surface area contributed by atoms with Gasteiger partial charge >= 0.3 is 5.97 Å². The number of carboxylic acid groups (broad SMARTS) is 1. The SMILES string of the molecule is O=C(NC(CCO)C(=O)O)c1ccc2nc[nH]c2c1. The highest BCUT2D eigenvalue weighted by molar-refractivity contribution is 5.99. The Bertz CT molecular complexity index is 608. The van der Waals surface area contributed by atoms with Crippen molar-refractivity contribution in [2.45, 2.75) is 12.5 Å². The average molecular weight is 263 g/mol. The summed E-state index contributed by atoms with van der Waals surface area (Å²) in [5, 5.41) is 20.0. The standard InChI is InChI=1S/C12H13N3O4/c16-4-3-9(12(18)19)15-11(17)7-1-2-8-10(5-7)14-6-13-8/h1-2,5-6,9,16H,3-4H2,(H,13,14)(H,15,17)(H,18,19). The highest BCUT2D eigenvalue weighted by atomic mass is 16.4. The Morgan fingerprint density at radius 1 is 1.42 bits per heavy atom. The van der Waals surface area contributed by atoms with Crippen molar-refractivity contribution in [2.75, 3.05) is 6.61 Å². The van der Waals surface area contributed by atoms with Crippen molar-refractivity contribution in [1.29, 1.82) is 0 Å². The van der Waals surface area contributed by atoms with Crippen molar-refractivity contribution in [3.05, 3.63) is 30.1 Å². The number of carboxylic acids is 1. The number of aliphatic hydroxyl groups is 1. The Kier molecular flexibility index (Phi) is 3.76. The van der Waals surface area contributed by atoms with E-state index in [0.29, 0.717) is 11.1 Å². The molecule has 19 heavy (non-hydrogen) atoms.